The standard InChI is InChI=1S/C27H32N2O6/c1-16(2)23(25(30)28-12-18-11-17(14-34-18)26(31)32)13-29-27(33)35-15-24-21-9-5-3-7-19(21)20-8-4-6-10-22(20)24/h3-10,16-18,23-24H,11-15H2,1-2H3,(H,28,30)(H,29,33)(H,31,32)/t17-,18-,23?/m1/s1. The number of carboxylic acids is 1. The van der Waals surface area contributed by atoms with Crippen LogP contribution in [0.15, 0.2) is 48.5 Å². The molecule has 2 aromatic carbocycles. The topological polar surface area (TPSA) is 114 Å². The smallest absolute Gasteiger partial charge is 0.407 e. The lowest BCUT2D eigenvalue weighted by molar-refractivity contribution is -0.141. The van der Waals surface area contributed by atoms with Crippen molar-refractivity contribution in [3.8, 4) is 11.1 Å². The third kappa shape index (κ3) is 5.65. The van der Waals surface area contributed by atoms with E-state index in [1.807, 2.05) is 38.1 Å². The summed E-state index contributed by atoms with van der Waals surface area (Å²) in [6.45, 7) is 4.58. The van der Waals surface area contributed by atoms with E-state index in [1.54, 1.807) is 0 Å². The Labute approximate surface area is 205 Å². The number of fused-ring (bicyclic) bond motifs is 3. The van der Waals surface area contributed by atoms with Gasteiger partial charge in [0.1, 0.15) is 6.61 Å². The highest BCUT2D eigenvalue weighted by Gasteiger charge is 2.32. The van der Waals surface area contributed by atoms with E-state index in [1.165, 1.54) is 0 Å². The molecule has 0 saturated carbocycles. The average molecular weight is 481 g/mol. The molecule has 1 saturated heterocycles. The average Bonchev–Trinajstić information content (AvgIpc) is 3.44. The number of carboxylic acid groups (broad SMARTS) is 1. The lowest BCUT2D eigenvalue weighted by Gasteiger charge is -2.22. The first-order valence-corrected chi connectivity index (χ1v) is 12.1. The zero-order valence-electron chi connectivity index (χ0n) is 20.0. The Morgan fingerprint density at radius 1 is 1.03 bits per heavy atom. The van der Waals surface area contributed by atoms with Crippen LogP contribution in [0, 0.1) is 17.8 Å². The number of hydrogen-bond donors (Lipinski definition) is 3. The van der Waals surface area contributed by atoms with Crippen LogP contribution in [0.3, 0.4) is 0 Å². The van der Waals surface area contributed by atoms with Crippen LogP contribution in [0.25, 0.3) is 11.1 Å². The van der Waals surface area contributed by atoms with E-state index in [0.717, 1.165) is 22.3 Å². The lowest BCUT2D eigenvalue weighted by Crippen LogP contribution is -2.43. The summed E-state index contributed by atoms with van der Waals surface area (Å²) in [5.41, 5.74) is 4.60. The maximum absolute atomic E-state index is 12.7. The molecule has 186 valence electrons. The summed E-state index contributed by atoms with van der Waals surface area (Å²) < 4.78 is 11.0. The third-order valence-corrected chi connectivity index (χ3v) is 6.89. The molecular formula is C27H32N2O6. The van der Waals surface area contributed by atoms with Crippen molar-refractivity contribution in [3.05, 3.63) is 59.7 Å². The fraction of sp³-hybridized carbons (Fsp3) is 0.444. The molecule has 2 amide bonds. The second-order valence-electron chi connectivity index (χ2n) is 9.53. The second kappa shape index (κ2) is 10.9. The van der Waals surface area contributed by atoms with Crippen LogP contribution in [0.2, 0.25) is 0 Å². The van der Waals surface area contributed by atoms with E-state index >= 15 is 0 Å². The first-order valence-electron chi connectivity index (χ1n) is 12.1. The highest BCUT2D eigenvalue weighted by atomic mass is 16.5. The van der Waals surface area contributed by atoms with Gasteiger partial charge in [0.15, 0.2) is 0 Å². The summed E-state index contributed by atoms with van der Waals surface area (Å²) in [5, 5.41) is 14.7. The van der Waals surface area contributed by atoms with Gasteiger partial charge in [-0.15, -0.1) is 0 Å². The van der Waals surface area contributed by atoms with Crippen molar-refractivity contribution in [2.24, 2.45) is 17.8 Å². The summed E-state index contributed by atoms with van der Waals surface area (Å²) in [5.74, 6) is -2.12. The normalized spacial score (nSPS) is 19.6. The van der Waals surface area contributed by atoms with Crippen molar-refractivity contribution < 1.29 is 29.0 Å². The fourth-order valence-corrected chi connectivity index (χ4v) is 4.84. The Hall–Kier alpha value is -3.39. The summed E-state index contributed by atoms with van der Waals surface area (Å²) in [7, 11) is 0. The van der Waals surface area contributed by atoms with E-state index in [0.29, 0.717) is 6.42 Å². The Morgan fingerprint density at radius 2 is 1.66 bits per heavy atom. The van der Waals surface area contributed by atoms with Gasteiger partial charge in [0.2, 0.25) is 5.91 Å². The minimum atomic E-state index is -0.883. The quantitative estimate of drug-likeness (QED) is 0.507. The van der Waals surface area contributed by atoms with Crippen LogP contribution in [-0.4, -0.2) is 55.5 Å². The largest absolute Gasteiger partial charge is 0.481 e. The van der Waals surface area contributed by atoms with Gasteiger partial charge in [-0.3, -0.25) is 9.59 Å². The molecule has 0 spiro atoms. The first kappa shape index (κ1) is 24.7. The van der Waals surface area contributed by atoms with Crippen LogP contribution in [0.4, 0.5) is 4.79 Å². The zero-order chi connectivity index (χ0) is 24.9. The molecule has 4 rings (SSSR count). The Bertz CT molecular complexity index is 1040. The molecule has 1 aliphatic carbocycles. The van der Waals surface area contributed by atoms with Crippen LogP contribution < -0.4 is 10.6 Å². The van der Waals surface area contributed by atoms with Crippen molar-refractivity contribution >= 4 is 18.0 Å². The third-order valence-electron chi connectivity index (χ3n) is 6.89. The van der Waals surface area contributed by atoms with Crippen molar-refractivity contribution in [2.45, 2.75) is 32.3 Å². The van der Waals surface area contributed by atoms with Crippen molar-refractivity contribution in [1.29, 1.82) is 0 Å². The number of carbonyl (C=O) groups excluding carboxylic acids is 2. The van der Waals surface area contributed by atoms with Gasteiger partial charge in [-0.05, 0) is 34.6 Å². The zero-order valence-corrected chi connectivity index (χ0v) is 20.0. The first-order chi connectivity index (χ1) is 16.8. The number of alkyl carbamates (subject to hydrolysis) is 1. The number of aliphatic carboxylic acids is 1. The number of carbonyl (C=O) groups is 3. The second-order valence-corrected chi connectivity index (χ2v) is 9.53. The van der Waals surface area contributed by atoms with Crippen molar-refractivity contribution in [3.63, 3.8) is 0 Å². The van der Waals surface area contributed by atoms with Gasteiger partial charge in [-0.25, -0.2) is 4.79 Å². The predicted molar refractivity (Wildman–Crippen MR) is 130 cm³/mol. The van der Waals surface area contributed by atoms with E-state index < -0.39 is 23.9 Å². The summed E-state index contributed by atoms with van der Waals surface area (Å²) >= 11 is 0. The number of ether oxygens (including phenoxy) is 2. The van der Waals surface area contributed by atoms with Crippen molar-refractivity contribution in [2.75, 3.05) is 26.3 Å². The van der Waals surface area contributed by atoms with Crippen LogP contribution in [0.5, 0.6) is 0 Å². The van der Waals surface area contributed by atoms with E-state index in [4.69, 9.17) is 14.6 Å². The minimum absolute atomic E-state index is 0.0137. The van der Waals surface area contributed by atoms with Crippen molar-refractivity contribution in [1.82, 2.24) is 10.6 Å². The molecular weight excluding hydrogens is 448 g/mol. The molecule has 1 heterocycles. The molecule has 2 aromatic rings. The fourth-order valence-electron chi connectivity index (χ4n) is 4.84. The van der Waals surface area contributed by atoms with Gasteiger partial charge in [0.25, 0.3) is 0 Å². The molecule has 35 heavy (non-hydrogen) atoms. The molecule has 0 radical (unpaired) electrons. The van der Waals surface area contributed by atoms with Gasteiger partial charge in [-0.1, -0.05) is 62.4 Å². The molecule has 1 aliphatic heterocycles. The van der Waals surface area contributed by atoms with Gasteiger partial charge >= 0.3 is 12.1 Å². The molecule has 2 aliphatic rings. The lowest BCUT2D eigenvalue weighted by atomic mass is 9.94. The molecule has 3 atom stereocenters. The van der Waals surface area contributed by atoms with E-state index in [-0.39, 0.29) is 50.2 Å². The van der Waals surface area contributed by atoms with Gasteiger partial charge < -0.3 is 25.2 Å². The van der Waals surface area contributed by atoms with Gasteiger partial charge in [-0.2, -0.15) is 0 Å². The maximum Gasteiger partial charge on any atom is 0.407 e. The SMILES string of the molecule is CC(C)C(CNC(=O)OCC1c2ccccc2-c2ccccc21)C(=O)NC[C@H]1C[C@@H](C(=O)O)CO1. The number of hydrogen-bond acceptors (Lipinski definition) is 5. The predicted octanol–water partition coefficient (Wildman–Crippen LogP) is 3.40. The number of amides is 2. The minimum Gasteiger partial charge on any atom is -0.481 e. The summed E-state index contributed by atoms with van der Waals surface area (Å²) in [4.78, 5) is 36.3. The van der Waals surface area contributed by atoms with E-state index in [2.05, 4.69) is 34.9 Å². The summed E-state index contributed by atoms with van der Waals surface area (Å²) in [6, 6.07) is 16.3. The molecule has 0 aromatic heterocycles. The molecule has 8 nitrogen and oxygen atoms in total. The molecule has 8 heteroatoms. The van der Waals surface area contributed by atoms with Crippen LogP contribution in [0.1, 0.15) is 37.3 Å². The van der Waals surface area contributed by atoms with Crippen LogP contribution >= 0.6 is 0 Å². The highest BCUT2D eigenvalue weighted by Crippen LogP contribution is 2.44. The molecule has 0 bridgehead atoms. The van der Waals surface area contributed by atoms with Gasteiger partial charge in [0.05, 0.1) is 24.5 Å². The molecule has 1 fully saturated rings. The Kier molecular flexibility index (Phi) is 7.70. The van der Waals surface area contributed by atoms with Gasteiger partial charge in [0, 0.05) is 19.0 Å². The van der Waals surface area contributed by atoms with E-state index in [9.17, 15) is 14.4 Å². The molecule has 1 unspecified atom stereocenters. The number of benzene rings is 2. The number of nitrogens with one attached hydrogen (secondary N) is 2. The van der Waals surface area contributed by atoms with Crippen LogP contribution in [-0.2, 0) is 19.1 Å². The highest BCUT2D eigenvalue weighted by molar-refractivity contribution is 5.80. The monoisotopic (exact) mass is 480 g/mol. The maximum atomic E-state index is 12.7. The molecule has 3 N–H and O–H groups in total. The Morgan fingerprint density at radius 3 is 2.23 bits per heavy atom. The number of rotatable bonds is 9. The summed E-state index contributed by atoms with van der Waals surface area (Å²) in [6.07, 6.45) is -0.503. The Balaban J connectivity index is 1.27.